The van der Waals surface area contributed by atoms with Crippen LogP contribution in [0.5, 0.6) is 0 Å². The van der Waals surface area contributed by atoms with Gasteiger partial charge in [0.25, 0.3) is 0 Å². The van der Waals surface area contributed by atoms with E-state index < -0.39 is 5.82 Å². The summed E-state index contributed by atoms with van der Waals surface area (Å²) in [6.07, 6.45) is 1.89. The van der Waals surface area contributed by atoms with Crippen molar-refractivity contribution < 1.29 is 18.4 Å². The molecule has 30 heavy (non-hydrogen) atoms. The number of benzene rings is 2. The van der Waals surface area contributed by atoms with Crippen molar-refractivity contribution in [2.75, 3.05) is 10.6 Å². The summed E-state index contributed by atoms with van der Waals surface area (Å²) in [5, 5.41) is 5.67. The van der Waals surface area contributed by atoms with Gasteiger partial charge in [-0.1, -0.05) is 32.0 Å². The number of carbonyl (C=O) groups excluding carboxylic acids is 2. The van der Waals surface area contributed by atoms with Crippen molar-refractivity contribution in [1.82, 2.24) is 4.98 Å². The van der Waals surface area contributed by atoms with E-state index in [1.165, 1.54) is 12.3 Å². The lowest BCUT2D eigenvalue weighted by molar-refractivity contribution is -0.119. The van der Waals surface area contributed by atoms with Crippen LogP contribution in [0.4, 0.5) is 15.8 Å². The Morgan fingerprint density at radius 3 is 2.63 bits per heavy atom. The summed E-state index contributed by atoms with van der Waals surface area (Å²) in [6, 6.07) is 11.6. The van der Waals surface area contributed by atoms with Gasteiger partial charge in [-0.05, 0) is 36.8 Å². The van der Waals surface area contributed by atoms with Crippen molar-refractivity contribution >= 4 is 23.2 Å². The normalized spacial score (nSPS) is 10.8. The second-order valence-corrected chi connectivity index (χ2v) is 7.32. The first-order valence-corrected chi connectivity index (χ1v) is 9.74. The number of anilines is 2. The highest BCUT2D eigenvalue weighted by Gasteiger charge is 2.13. The fourth-order valence-corrected chi connectivity index (χ4v) is 2.77. The molecular weight excluding hydrogens is 385 g/mol. The van der Waals surface area contributed by atoms with E-state index in [9.17, 15) is 14.0 Å². The maximum atomic E-state index is 13.9. The Labute approximate surface area is 174 Å². The number of oxazole rings is 1. The van der Waals surface area contributed by atoms with Gasteiger partial charge in [0.2, 0.25) is 11.8 Å². The smallest absolute Gasteiger partial charge is 0.226 e. The Morgan fingerprint density at radius 1 is 1.13 bits per heavy atom. The van der Waals surface area contributed by atoms with Crippen LogP contribution in [0.25, 0.3) is 11.3 Å². The lowest BCUT2D eigenvalue weighted by Crippen LogP contribution is -2.18. The molecule has 1 heterocycles. The maximum absolute atomic E-state index is 13.9. The van der Waals surface area contributed by atoms with Crippen LogP contribution in [0.15, 0.2) is 53.1 Å². The molecule has 0 radical (unpaired) electrons. The second kappa shape index (κ2) is 9.35. The third kappa shape index (κ3) is 5.31. The molecule has 2 aromatic carbocycles. The molecule has 7 heteroatoms. The quantitative estimate of drug-likeness (QED) is 0.578. The van der Waals surface area contributed by atoms with Crippen molar-refractivity contribution in [2.45, 2.75) is 33.6 Å². The molecule has 3 aromatic rings. The van der Waals surface area contributed by atoms with Crippen LogP contribution >= 0.6 is 0 Å². The third-order valence-corrected chi connectivity index (χ3v) is 4.56. The molecule has 6 nitrogen and oxygen atoms in total. The van der Waals surface area contributed by atoms with E-state index in [1.807, 2.05) is 26.8 Å². The number of aromatic nitrogens is 1. The van der Waals surface area contributed by atoms with E-state index in [4.69, 9.17) is 4.42 Å². The Hall–Kier alpha value is -3.48. The van der Waals surface area contributed by atoms with Gasteiger partial charge in [0, 0.05) is 30.1 Å². The van der Waals surface area contributed by atoms with Gasteiger partial charge in [-0.3, -0.25) is 9.59 Å². The number of hydrogen-bond acceptors (Lipinski definition) is 4. The average Bonchev–Trinajstić information content (AvgIpc) is 3.18. The number of amides is 2. The molecule has 0 spiro atoms. The topological polar surface area (TPSA) is 84.2 Å². The summed E-state index contributed by atoms with van der Waals surface area (Å²) in [5.41, 5.74) is 2.46. The van der Waals surface area contributed by atoms with E-state index in [0.717, 1.165) is 5.56 Å². The Bertz CT molecular complexity index is 1060. The minimum Gasteiger partial charge on any atom is -0.441 e. The maximum Gasteiger partial charge on any atom is 0.226 e. The summed E-state index contributed by atoms with van der Waals surface area (Å²) in [7, 11) is 0. The first-order chi connectivity index (χ1) is 14.3. The Morgan fingerprint density at radius 2 is 1.90 bits per heavy atom. The van der Waals surface area contributed by atoms with Crippen LogP contribution < -0.4 is 10.6 Å². The number of carbonyl (C=O) groups is 2. The first kappa shape index (κ1) is 21.2. The van der Waals surface area contributed by atoms with E-state index in [2.05, 4.69) is 15.6 Å². The van der Waals surface area contributed by atoms with Gasteiger partial charge in [-0.25, -0.2) is 9.37 Å². The van der Waals surface area contributed by atoms with Crippen molar-refractivity contribution in [3.63, 3.8) is 0 Å². The molecule has 0 fully saturated rings. The molecule has 0 aliphatic rings. The SMILES string of the molecule is Cc1ccc(NC(=O)C(C)C)cc1NC(=O)CCc1ncc(-c2ccccc2F)o1. The molecule has 0 aliphatic heterocycles. The zero-order chi connectivity index (χ0) is 21.7. The number of nitrogens with one attached hydrogen (secondary N) is 2. The van der Waals surface area contributed by atoms with Gasteiger partial charge >= 0.3 is 0 Å². The van der Waals surface area contributed by atoms with Gasteiger partial charge in [-0.2, -0.15) is 0 Å². The number of rotatable bonds is 7. The predicted octanol–water partition coefficient (Wildman–Crippen LogP) is 4.95. The Kier molecular flexibility index (Phi) is 6.61. The van der Waals surface area contributed by atoms with Crippen LogP contribution in [-0.4, -0.2) is 16.8 Å². The lowest BCUT2D eigenvalue weighted by Gasteiger charge is -2.12. The summed E-state index contributed by atoms with van der Waals surface area (Å²) >= 11 is 0. The minimum atomic E-state index is -0.391. The van der Waals surface area contributed by atoms with Gasteiger partial charge in [0.05, 0.1) is 11.8 Å². The molecule has 3 rings (SSSR count). The highest BCUT2D eigenvalue weighted by atomic mass is 19.1. The average molecular weight is 409 g/mol. The molecule has 2 amide bonds. The zero-order valence-electron chi connectivity index (χ0n) is 17.2. The summed E-state index contributed by atoms with van der Waals surface area (Å²) in [5.74, 6) is -0.148. The van der Waals surface area contributed by atoms with Crippen LogP contribution in [-0.2, 0) is 16.0 Å². The highest BCUT2D eigenvalue weighted by molar-refractivity contribution is 5.95. The fourth-order valence-electron chi connectivity index (χ4n) is 2.77. The first-order valence-electron chi connectivity index (χ1n) is 9.74. The van der Waals surface area contributed by atoms with Crippen molar-refractivity contribution in [3.8, 4) is 11.3 Å². The number of hydrogen-bond donors (Lipinski definition) is 2. The summed E-state index contributed by atoms with van der Waals surface area (Å²) in [4.78, 5) is 28.4. The number of nitrogens with zero attached hydrogens (tertiary/aromatic N) is 1. The molecule has 2 N–H and O–H groups in total. The van der Waals surface area contributed by atoms with E-state index in [-0.39, 0.29) is 30.6 Å². The Balaban J connectivity index is 1.60. The van der Waals surface area contributed by atoms with Gasteiger partial charge < -0.3 is 15.1 Å². The largest absolute Gasteiger partial charge is 0.441 e. The molecule has 0 atom stereocenters. The molecule has 1 aromatic heterocycles. The zero-order valence-corrected chi connectivity index (χ0v) is 17.2. The molecule has 0 saturated carbocycles. The lowest BCUT2D eigenvalue weighted by atomic mass is 10.1. The number of halogens is 1. The second-order valence-electron chi connectivity index (χ2n) is 7.32. The number of aryl methyl sites for hydroxylation is 2. The molecule has 0 unspecified atom stereocenters. The van der Waals surface area contributed by atoms with Gasteiger partial charge in [-0.15, -0.1) is 0 Å². The van der Waals surface area contributed by atoms with Crippen LogP contribution in [0.3, 0.4) is 0 Å². The van der Waals surface area contributed by atoms with Crippen LogP contribution in [0.2, 0.25) is 0 Å². The van der Waals surface area contributed by atoms with E-state index in [0.29, 0.717) is 28.6 Å². The standard InChI is InChI=1S/C23H24FN3O3/c1-14(2)23(29)26-16-9-8-15(3)19(12-16)27-21(28)10-11-22-25-13-20(30-22)17-6-4-5-7-18(17)24/h4-9,12-14H,10-11H2,1-3H3,(H,26,29)(H,27,28). The molecule has 156 valence electrons. The fraction of sp³-hybridized carbons (Fsp3) is 0.261. The summed E-state index contributed by atoms with van der Waals surface area (Å²) < 4.78 is 19.4. The predicted molar refractivity (Wildman–Crippen MR) is 113 cm³/mol. The molecule has 0 aliphatic carbocycles. The summed E-state index contributed by atoms with van der Waals surface area (Å²) in [6.45, 7) is 5.50. The monoisotopic (exact) mass is 409 g/mol. The van der Waals surface area contributed by atoms with Gasteiger partial charge in [0.15, 0.2) is 11.7 Å². The van der Waals surface area contributed by atoms with Crippen molar-refractivity contribution in [3.05, 3.63) is 65.9 Å². The van der Waals surface area contributed by atoms with Crippen molar-refractivity contribution in [2.24, 2.45) is 5.92 Å². The third-order valence-electron chi connectivity index (χ3n) is 4.56. The molecular formula is C23H24FN3O3. The van der Waals surface area contributed by atoms with E-state index in [1.54, 1.807) is 30.3 Å². The van der Waals surface area contributed by atoms with Crippen LogP contribution in [0, 0.1) is 18.7 Å². The minimum absolute atomic E-state index is 0.0920. The molecule has 0 bridgehead atoms. The molecule has 0 saturated heterocycles. The van der Waals surface area contributed by atoms with Gasteiger partial charge in [0.1, 0.15) is 5.82 Å². The van der Waals surface area contributed by atoms with Crippen molar-refractivity contribution in [1.29, 1.82) is 0 Å². The van der Waals surface area contributed by atoms with Crippen LogP contribution in [0.1, 0.15) is 31.7 Å². The van der Waals surface area contributed by atoms with E-state index >= 15 is 0 Å². The highest BCUT2D eigenvalue weighted by Crippen LogP contribution is 2.24.